The van der Waals surface area contributed by atoms with Crippen LogP contribution in [0.1, 0.15) is 33.6 Å². The van der Waals surface area contributed by atoms with Crippen molar-refractivity contribution < 1.29 is 14.6 Å². The average Bonchev–Trinajstić information content (AvgIpc) is 2.06. The van der Waals surface area contributed by atoms with Crippen molar-refractivity contribution in [2.24, 2.45) is 5.73 Å². The van der Waals surface area contributed by atoms with E-state index in [9.17, 15) is 9.90 Å². The van der Waals surface area contributed by atoms with Crippen LogP contribution in [0.4, 0.5) is 4.79 Å². The van der Waals surface area contributed by atoms with Crippen molar-refractivity contribution in [3.63, 3.8) is 0 Å². The molecule has 1 unspecified atom stereocenters. The first-order valence-electron chi connectivity index (χ1n) is 5.24. The molecule has 15 heavy (non-hydrogen) atoms. The molecule has 3 N–H and O–H groups in total. The number of hydrogen-bond donors (Lipinski definition) is 2. The molecule has 2 atom stereocenters. The van der Waals surface area contributed by atoms with Crippen LogP contribution in [-0.4, -0.2) is 40.5 Å². The van der Waals surface area contributed by atoms with E-state index in [1.165, 1.54) is 4.90 Å². The maximum atomic E-state index is 11.7. The third kappa shape index (κ3) is 3.35. The highest BCUT2D eigenvalue weighted by atomic mass is 16.6. The first-order chi connectivity index (χ1) is 6.81. The largest absolute Gasteiger partial charge is 0.444 e. The van der Waals surface area contributed by atoms with Crippen LogP contribution in [0.2, 0.25) is 0 Å². The van der Waals surface area contributed by atoms with Crippen LogP contribution in [0.3, 0.4) is 0 Å². The lowest BCUT2D eigenvalue weighted by Crippen LogP contribution is -2.56. The topological polar surface area (TPSA) is 75.8 Å². The molecule has 1 aliphatic heterocycles. The SMILES string of the molecule is CC(C)(C)OC(=O)N1CCC[C@H](O)C1N. The van der Waals surface area contributed by atoms with Crippen molar-refractivity contribution in [1.82, 2.24) is 4.90 Å². The van der Waals surface area contributed by atoms with E-state index in [-0.39, 0.29) is 0 Å². The van der Waals surface area contributed by atoms with Gasteiger partial charge in [0, 0.05) is 6.54 Å². The zero-order valence-corrected chi connectivity index (χ0v) is 9.56. The highest BCUT2D eigenvalue weighted by Gasteiger charge is 2.33. The Morgan fingerprint density at radius 1 is 1.53 bits per heavy atom. The molecule has 1 heterocycles. The molecule has 5 heteroatoms. The summed E-state index contributed by atoms with van der Waals surface area (Å²) < 4.78 is 5.19. The number of rotatable bonds is 0. The Kier molecular flexibility index (Phi) is 3.57. The molecule has 0 bridgehead atoms. The van der Waals surface area contributed by atoms with Crippen LogP contribution in [0, 0.1) is 0 Å². The summed E-state index contributed by atoms with van der Waals surface area (Å²) in [5.41, 5.74) is 5.19. The average molecular weight is 216 g/mol. The van der Waals surface area contributed by atoms with Gasteiger partial charge >= 0.3 is 6.09 Å². The molecule has 1 fully saturated rings. The number of hydrogen-bond acceptors (Lipinski definition) is 4. The minimum Gasteiger partial charge on any atom is -0.444 e. The lowest BCUT2D eigenvalue weighted by Gasteiger charge is -2.37. The number of nitrogens with two attached hydrogens (primary N) is 1. The number of ether oxygens (including phenoxy) is 1. The highest BCUT2D eigenvalue weighted by Crippen LogP contribution is 2.17. The Labute approximate surface area is 90.2 Å². The predicted octanol–water partition coefficient (Wildman–Crippen LogP) is 0.663. The van der Waals surface area contributed by atoms with Crippen molar-refractivity contribution in [3.8, 4) is 0 Å². The summed E-state index contributed by atoms with van der Waals surface area (Å²) in [6.07, 6.45) is -0.345. The molecule has 1 rings (SSSR count). The third-order valence-electron chi connectivity index (χ3n) is 2.28. The van der Waals surface area contributed by atoms with E-state index in [1.54, 1.807) is 20.8 Å². The standard InChI is InChI=1S/C10H20N2O3/c1-10(2,3)15-9(14)12-6-4-5-7(13)8(12)11/h7-8,13H,4-6,11H2,1-3H3/t7-,8?/m0/s1. The molecule has 1 saturated heterocycles. The molecular formula is C10H20N2O3. The molecule has 1 amide bonds. The van der Waals surface area contributed by atoms with Crippen molar-refractivity contribution in [1.29, 1.82) is 0 Å². The van der Waals surface area contributed by atoms with Crippen LogP contribution in [-0.2, 0) is 4.74 Å². The molecule has 0 saturated carbocycles. The van der Waals surface area contributed by atoms with Gasteiger partial charge < -0.3 is 15.6 Å². The summed E-state index contributed by atoms with van der Waals surface area (Å²) >= 11 is 0. The van der Waals surface area contributed by atoms with E-state index in [4.69, 9.17) is 10.5 Å². The van der Waals surface area contributed by atoms with Crippen LogP contribution in [0.5, 0.6) is 0 Å². The van der Waals surface area contributed by atoms with E-state index >= 15 is 0 Å². The molecule has 0 aliphatic carbocycles. The van der Waals surface area contributed by atoms with Crippen molar-refractivity contribution >= 4 is 6.09 Å². The van der Waals surface area contributed by atoms with E-state index in [1.807, 2.05) is 0 Å². The zero-order chi connectivity index (χ0) is 11.6. The van der Waals surface area contributed by atoms with Gasteiger partial charge in [0.05, 0.1) is 6.10 Å². The smallest absolute Gasteiger partial charge is 0.411 e. The van der Waals surface area contributed by atoms with Gasteiger partial charge in [0.15, 0.2) is 0 Å². The quantitative estimate of drug-likeness (QED) is 0.624. The Balaban J connectivity index is 2.59. The minimum atomic E-state index is -0.647. The van der Waals surface area contributed by atoms with Crippen molar-refractivity contribution in [2.75, 3.05) is 6.54 Å². The molecule has 88 valence electrons. The van der Waals surface area contributed by atoms with Gasteiger partial charge in [0.2, 0.25) is 0 Å². The number of aliphatic hydroxyl groups is 1. The van der Waals surface area contributed by atoms with Gasteiger partial charge in [-0.25, -0.2) is 4.79 Å². The molecule has 0 radical (unpaired) electrons. The highest BCUT2D eigenvalue weighted by molar-refractivity contribution is 5.68. The Bertz CT molecular complexity index is 237. The van der Waals surface area contributed by atoms with Crippen molar-refractivity contribution in [3.05, 3.63) is 0 Å². The van der Waals surface area contributed by atoms with Crippen LogP contribution >= 0.6 is 0 Å². The summed E-state index contributed by atoms with van der Waals surface area (Å²) in [5, 5.41) is 9.52. The van der Waals surface area contributed by atoms with E-state index in [0.29, 0.717) is 13.0 Å². The van der Waals surface area contributed by atoms with E-state index in [2.05, 4.69) is 0 Å². The summed E-state index contributed by atoms with van der Waals surface area (Å²) in [6.45, 7) is 5.96. The first kappa shape index (κ1) is 12.3. The molecule has 0 aromatic rings. The third-order valence-corrected chi connectivity index (χ3v) is 2.28. The second kappa shape index (κ2) is 4.37. The fraction of sp³-hybridized carbons (Fsp3) is 0.900. The van der Waals surface area contributed by atoms with Gasteiger partial charge in [-0.05, 0) is 33.6 Å². The number of piperidine rings is 1. The number of carbonyl (C=O) groups excluding carboxylic acids is 1. The second-order valence-corrected chi connectivity index (χ2v) is 4.87. The van der Waals surface area contributed by atoms with Gasteiger partial charge in [0.1, 0.15) is 11.8 Å². The van der Waals surface area contributed by atoms with Crippen LogP contribution in [0.25, 0.3) is 0 Å². The van der Waals surface area contributed by atoms with Gasteiger partial charge in [-0.3, -0.25) is 4.90 Å². The van der Waals surface area contributed by atoms with Gasteiger partial charge in [-0.15, -0.1) is 0 Å². The molecule has 1 aliphatic rings. The molecular weight excluding hydrogens is 196 g/mol. The monoisotopic (exact) mass is 216 g/mol. The molecule has 0 aromatic heterocycles. The number of likely N-dealkylation sites (tertiary alicyclic amines) is 1. The maximum Gasteiger partial charge on any atom is 0.411 e. The number of amides is 1. The maximum absolute atomic E-state index is 11.7. The summed E-state index contributed by atoms with van der Waals surface area (Å²) in [6, 6.07) is 0. The van der Waals surface area contributed by atoms with Crippen molar-refractivity contribution in [2.45, 2.75) is 51.5 Å². The lowest BCUT2D eigenvalue weighted by atomic mass is 10.1. The number of carbonyl (C=O) groups is 1. The zero-order valence-electron chi connectivity index (χ0n) is 9.56. The minimum absolute atomic E-state index is 0.450. The summed E-state index contributed by atoms with van der Waals surface area (Å²) in [4.78, 5) is 13.1. The molecule has 0 spiro atoms. The first-order valence-corrected chi connectivity index (χ1v) is 5.24. The van der Waals surface area contributed by atoms with Crippen LogP contribution < -0.4 is 5.73 Å². The Morgan fingerprint density at radius 2 is 2.13 bits per heavy atom. The molecule has 5 nitrogen and oxygen atoms in total. The van der Waals surface area contributed by atoms with E-state index in [0.717, 1.165) is 6.42 Å². The Hall–Kier alpha value is -0.810. The number of aliphatic hydroxyl groups excluding tert-OH is 1. The Morgan fingerprint density at radius 3 is 2.67 bits per heavy atom. The van der Waals surface area contributed by atoms with Gasteiger partial charge in [-0.2, -0.15) is 0 Å². The fourth-order valence-corrected chi connectivity index (χ4v) is 1.53. The summed E-state index contributed by atoms with van der Waals surface area (Å²) in [7, 11) is 0. The normalized spacial score (nSPS) is 27.7. The van der Waals surface area contributed by atoms with Gasteiger partial charge in [0.25, 0.3) is 0 Å². The van der Waals surface area contributed by atoms with E-state index < -0.39 is 24.0 Å². The summed E-state index contributed by atoms with van der Waals surface area (Å²) in [5.74, 6) is 0. The molecule has 0 aromatic carbocycles. The lowest BCUT2D eigenvalue weighted by molar-refractivity contribution is -0.0212. The fourth-order valence-electron chi connectivity index (χ4n) is 1.53. The van der Waals surface area contributed by atoms with Gasteiger partial charge in [-0.1, -0.05) is 0 Å². The predicted molar refractivity (Wildman–Crippen MR) is 56.2 cm³/mol. The number of nitrogens with zero attached hydrogens (tertiary/aromatic N) is 1. The second-order valence-electron chi connectivity index (χ2n) is 4.87. The van der Waals surface area contributed by atoms with Crippen LogP contribution in [0.15, 0.2) is 0 Å².